The number of fused-ring (bicyclic) bond motifs is 1. The number of unbranched alkanes of at least 4 members (excludes halogenated alkanes) is 11. The molecule has 0 amide bonds. The quantitative estimate of drug-likeness (QED) is 0.0956. The van der Waals surface area contributed by atoms with E-state index in [0.29, 0.717) is 30.1 Å². The predicted octanol–water partition coefficient (Wildman–Crippen LogP) is 5.94. The van der Waals surface area contributed by atoms with Gasteiger partial charge in [0.05, 0.1) is 19.0 Å². The lowest BCUT2D eigenvalue weighted by Gasteiger charge is -2.11. The average molecular weight is 510 g/mol. The Bertz CT molecular complexity index is 889. The van der Waals surface area contributed by atoms with E-state index in [-0.39, 0.29) is 19.0 Å². The first-order valence-corrected chi connectivity index (χ1v) is 13.4. The molecule has 10 nitrogen and oxygen atoms in total. The van der Waals surface area contributed by atoms with Gasteiger partial charge in [-0.15, -0.1) is 16.9 Å². The molecule has 2 aromatic rings. The first-order chi connectivity index (χ1) is 16.6. The van der Waals surface area contributed by atoms with Crippen LogP contribution in [0.3, 0.4) is 0 Å². The minimum atomic E-state index is -2.18. The summed E-state index contributed by atoms with van der Waals surface area (Å²) in [5.74, 6) is 3.03. The van der Waals surface area contributed by atoms with Crippen molar-refractivity contribution in [2.75, 3.05) is 19.1 Å². The van der Waals surface area contributed by atoms with Crippen LogP contribution in [0.15, 0.2) is 12.7 Å². The van der Waals surface area contributed by atoms with E-state index in [1.54, 1.807) is 6.33 Å². The van der Waals surface area contributed by atoms with Gasteiger partial charge in [0.1, 0.15) is 18.5 Å². The SMILES string of the molecule is C#CCCCCCCCCCCCCCO[P+](=O)OCO[C@H](C)Cn1cnc2c(N)ncnc21.N. The van der Waals surface area contributed by atoms with Crippen molar-refractivity contribution in [3.05, 3.63) is 12.7 Å². The van der Waals surface area contributed by atoms with Crippen LogP contribution in [0.2, 0.25) is 0 Å². The molecule has 2 rings (SSSR count). The van der Waals surface area contributed by atoms with Crippen LogP contribution in [-0.2, 0) is 24.9 Å². The van der Waals surface area contributed by atoms with Gasteiger partial charge in [0.25, 0.3) is 0 Å². The number of nitrogens with zero attached hydrogens (tertiary/aromatic N) is 4. The average Bonchev–Trinajstić information content (AvgIpc) is 3.23. The Hall–Kier alpha value is -2.15. The number of hydrogen-bond acceptors (Lipinski definition) is 9. The fourth-order valence-corrected chi connectivity index (χ4v) is 4.15. The normalized spacial score (nSPS) is 12.3. The Labute approximate surface area is 210 Å². The van der Waals surface area contributed by atoms with E-state index in [0.717, 1.165) is 25.7 Å². The zero-order chi connectivity index (χ0) is 24.4. The molecule has 2 atom stereocenters. The van der Waals surface area contributed by atoms with Crippen LogP contribution in [0, 0.1) is 12.3 Å². The molecule has 0 aliphatic carbocycles. The number of nitrogen functional groups attached to an aromatic ring is 1. The first-order valence-electron chi connectivity index (χ1n) is 12.3. The lowest BCUT2D eigenvalue weighted by Crippen LogP contribution is -2.17. The number of nitrogens with two attached hydrogens (primary N) is 1. The maximum absolute atomic E-state index is 11.8. The van der Waals surface area contributed by atoms with Gasteiger partial charge in [-0.1, -0.05) is 62.3 Å². The lowest BCUT2D eigenvalue weighted by molar-refractivity contribution is -0.0367. The summed E-state index contributed by atoms with van der Waals surface area (Å²) in [4.78, 5) is 12.4. The highest BCUT2D eigenvalue weighted by molar-refractivity contribution is 7.33. The van der Waals surface area contributed by atoms with Gasteiger partial charge in [-0.05, 0) is 19.8 Å². The van der Waals surface area contributed by atoms with Crippen LogP contribution in [0.5, 0.6) is 0 Å². The molecule has 0 aromatic carbocycles. The molecule has 0 aliphatic rings. The van der Waals surface area contributed by atoms with Crippen molar-refractivity contribution in [1.29, 1.82) is 0 Å². The minimum Gasteiger partial charge on any atom is -0.382 e. The number of ether oxygens (including phenoxy) is 1. The van der Waals surface area contributed by atoms with Crippen LogP contribution >= 0.6 is 8.25 Å². The van der Waals surface area contributed by atoms with Crippen molar-refractivity contribution in [3.63, 3.8) is 0 Å². The highest BCUT2D eigenvalue weighted by Crippen LogP contribution is 2.24. The van der Waals surface area contributed by atoms with E-state index in [2.05, 4.69) is 20.9 Å². The summed E-state index contributed by atoms with van der Waals surface area (Å²) in [7, 11) is -2.18. The van der Waals surface area contributed by atoms with E-state index >= 15 is 0 Å². The molecule has 196 valence electrons. The smallest absolute Gasteiger partial charge is 0.382 e. The van der Waals surface area contributed by atoms with Crippen LogP contribution in [-0.4, -0.2) is 39.0 Å². The van der Waals surface area contributed by atoms with Crippen LogP contribution in [0.1, 0.15) is 84.0 Å². The molecule has 2 aromatic heterocycles. The summed E-state index contributed by atoms with van der Waals surface area (Å²) in [6, 6.07) is 0. The van der Waals surface area contributed by atoms with Crippen LogP contribution in [0.25, 0.3) is 11.2 Å². The second kappa shape index (κ2) is 19.1. The monoisotopic (exact) mass is 509 g/mol. The molecule has 0 spiro atoms. The van der Waals surface area contributed by atoms with Gasteiger partial charge >= 0.3 is 8.25 Å². The van der Waals surface area contributed by atoms with Gasteiger partial charge < -0.3 is 21.2 Å². The third kappa shape index (κ3) is 12.9. The second-order valence-electron chi connectivity index (χ2n) is 8.45. The Morgan fingerprint density at radius 3 is 2.29 bits per heavy atom. The van der Waals surface area contributed by atoms with Crippen molar-refractivity contribution < 1.29 is 18.3 Å². The number of aromatic nitrogens is 4. The van der Waals surface area contributed by atoms with Crippen LogP contribution < -0.4 is 11.9 Å². The molecule has 5 N–H and O–H groups in total. The number of imidazole rings is 1. The van der Waals surface area contributed by atoms with Gasteiger partial charge in [-0.25, -0.2) is 15.0 Å². The number of hydrogen-bond donors (Lipinski definition) is 2. The summed E-state index contributed by atoms with van der Waals surface area (Å²) < 4.78 is 29.6. The van der Waals surface area contributed by atoms with Crippen molar-refractivity contribution in [2.24, 2.45) is 0 Å². The van der Waals surface area contributed by atoms with E-state index in [4.69, 9.17) is 25.9 Å². The Kier molecular flexibility index (Phi) is 16.8. The fourth-order valence-electron chi connectivity index (χ4n) is 3.65. The number of anilines is 1. The highest BCUT2D eigenvalue weighted by Gasteiger charge is 2.21. The minimum absolute atomic E-state index is 0. The molecule has 2 heterocycles. The summed E-state index contributed by atoms with van der Waals surface area (Å²) in [5.41, 5.74) is 7.00. The van der Waals surface area contributed by atoms with Gasteiger partial charge in [0.2, 0.25) is 6.79 Å². The molecule has 1 unspecified atom stereocenters. The molecule has 0 aliphatic heterocycles. The van der Waals surface area contributed by atoms with Crippen molar-refractivity contribution in [2.45, 2.75) is 96.6 Å². The Balaban J connectivity index is 0.00000612. The molecule has 0 saturated heterocycles. The zero-order valence-corrected chi connectivity index (χ0v) is 22.0. The Morgan fingerprint density at radius 2 is 1.63 bits per heavy atom. The molecule has 0 radical (unpaired) electrons. The summed E-state index contributed by atoms with van der Waals surface area (Å²) in [5, 5.41) is 0. The van der Waals surface area contributed by atoms with E-state index in [9.17, 15) is 4.57 Å². The number of terminal acetylenes is 1. The van der Waals surface area contributed by atoms with E-state index in [1.807, 2.05) is 11.5 Å². The largest absolute Gasteiger partial charge is 0.699 e. The third-order valence-electron chi connectivity index (χ3n) is 5.56. The van der Waals surface area contributed by atoms with Gasteiger partial charge in [-0.3, -0.25) is 0 Å². The topological polar surface area (TPSA) is 149 Å². The molecule has 35 heavy (non-hydrogen) atoms. The maximum Gasteiger partial charge on any atom is 0.699 e. The van der Waals surface area contributed by atoms with Gasteiger partial charge in [0.15, 0.2) is 11.5 Å². The van der Waals surface area contributed by atoms with Gasteiger partial charge in [0, 0.05) is 11.0 Å². The lowest BCUT2D eigenvalue weighted by atomic mass is 10.1. The molecule has 11 heteroatoms. The Morgan fingerprint density at radius 1 is 1.00 bits per heavy atom. The standard InChI is InChI=1S/C24H39N5O4P.H3N/c1-3-4-5-6-7-8-9-10-11-12-13-14-15-16-32-34(30)33-20-31-21(2)17-29-19-28-22-23(25)26-18-27-24(22)29;/h1,18-19,21H,4-17,20H2,2H3,(H2,25,26,27);1H3/q+1;/t21-;/m1./s1. The highest BCUT2D eigenvalue weighted by atomic mass is 31.1. The second-order valence-corrected chi connectivity index (χ2v) is 9.42. The summed E-state index contributed by atoms with van der Waals surface area (Å²) >= 11 is 0. The fraction of sp³-hybridized carbons (Fsp3) is 0.708. The molecular formula is C24H42N6O4P+. The van der Waals surface area contributed by atoms with E-state index in [1.165, 1.54) is 57.7 Å². The molecule has 0 fully saturated rings. The van der Waals surface area contributed by atoms with Crippen molar-refractivity contribution in [3.8, 4) is 12.3 Å². The zero-order valence-electron chi connectivity index (χ0n) is 21.1. The van der Waals surface area contributed by atoms with Crippen LogP contribution in [0.4, 0.5) is 5.82 Å². The van der Waals surface area contributed by atoms with Crippen molar-refractivity contribution >= 4 is 25.2 Å². The third-order valence-corrected chi connectivity index (χ3v) is 6.27. The number of rotatable bonds is 20. The molecule has 0 bridgehead atoms. The first kappa shape index (κ1) is 30.9. The maximum atomic E-state index is 11.8. The van der Waals surface area contributed by atoms with Crippen molar-refractivity contribution in [1.82, 2.24) is 25.7 Å². The van der Waals surface area contributed by atoms with Gasteiger partial charge in [-0.2, -0.15) is 0 Å². The van der Waals surface area contributed by atoms with E-state index < -0.39 is 8.25 Å². The summed E-state index contributed by atoms with van der Waals surface area (Å²) in [6.45, 7) is 2.71. The molecular weight excluding hydrogens is 467 g/mol. The summed E-state index contributed by atoms with van der Waals surface area (Å²) in [6.07, 6.45) is 22.4. The molecule has 0 saturated carbocycles. The predicted molar refractivity (Wildman–Crippen MR) is 139 cm³/mol.